The topological polar surface area (TPSA) is 69.8 Å². The lowest BCUT2D eigenvalue weighted by Crippen LogP contribution is -2.28. The molecule has 5 nitrogen and oxygen atoms in total. The van der Waals surface area contributed by atoms with Gasteiger partial charge >= 0.3 is 6.03 Å². The van der Waals surface area contributed by atoms with Gasteiger partial charge in [-0.1, -0.05) is 0 Å². The van der Waals surface area contributed by atoms with Crippen LogP contribution in [0.1, 0.15) is 5.69 Å². The van der Waals surface area contributed by atoms with Crippen molar-refractivity contribution in [3.8, 4) is 0 Å². The molecule has 0 spiro atoms. The highest BCUT2D eigenvalue weighted by atomic mass is 19.2. The van der Waals surface area contributed by atoms with Crippen LogP contribution in [0, 0.1) is 11.6 Å². The Morgan fingerprint density at radius 3 is 2.78 bits per heavy atom. The van der Waals surface area contributed by atoms with Crippen LogP contribution in [0.4, 0.5) is 19.3 Å². The van der Waals surface area contributed by atoms with E-state index in [0.29, 0.717) is 0 Å². The van der Waals surface area contributed by atoms with Gasteiger partial charge in [0.05, 0.1) is 12.2 Å². The molecule has 1 aromatic carbocycles. The van der Waals surface area contributed by atoms with Gasteiger partial charge in [-0.2, -0.15) is 5.10 Å². The molecule has 0 unspecified atom stereocenters. The lowest BCUT2D eigenvalue weighted by molar-refractivity contribution is 0.251. The molecule has 0 saturated carbocycles. The highest BCUT2D eigenvalue weighted by Gasteiger charge is 2.05. The number of halogens is 2. The van der Waals surface area contributed by atoms with E-state index in [2.05, 4.69) is 20.8 Å². The number of hydrogen-bond donors (Lipinski definition) is 3. The number of urea groups is 1. The molecule has 0 bridgehead atoms. The molecular formula is C11H10F2N4O. The second-order valence-electron chi connectivity index (χ2n) is 3.52. The van der Waals surface area contributed by atoms with Gasteiger partial charge in [0.15, 0.2) is 11.6 Å². The average molecular weight is 252 g/mol. The maximum atomic E-state index is 12.9. The summed E-state index contributed by atoms with van der Waals surface area (Å²) >= 11 is 0. The van der Waals surface area contributed by atoms with E-state index in [4.69, 9.17) is 0 Å². The first-order valence-electron chi connectivity index (χ1n) is 5.13. The molecule has 0 aliphatic rings. The molecule has 7 heteroatoms. The third kappa shape index (κ3) is 3.03. The van der Waals surface area contributed by atoms with Crippen LogP contribution in [0.3, 0.4) is 0 Å². The van der Waals surface area contributed by atoms with E-state index in [1.165, 1.54) is 6.07 Å². The zero-order valence-corrected chi connectivity index (χ0v) is 9.21. The minimum absolute atomic E-state index is 0.177. The summed E-state index contributed by atoms with van der Waals surface area (Å²) in [4.78, 5) is 11.4. The standard InChI is InChI=1S/C11H10F2N4O/c12-9-2-1-7(5-10(9)13)16-11(18)14-6-8-3-4-15-17-8/h1-5H,6H2,(H,15,17)(H2,14,16,18). The van der Waals surface area contributed by atoms with E-state index in [1.807, 2.05) is 0 Å². The van der Waals surface area contributed by atoms with Gasteiger partial charge in [-0.3, -0.25) is 5.10 Å². The van der Waals surface area contributed by atoms with Crippen molar-refractivity contribution in [2.24, 2.45) is 0 Å². The van der Waals surface area contributed by atoms with Crippen molar-refractivity contribution in [1.29, 1.82) is 0 Å². The molecule has 0 radical (unpaired) electrons. The summed E-state index contributed by atoms with van der Waals surface area (Å²) in [6, 6.07) is 4.31. The minimum Gasteiger partial charge on any atom is -0.332 e. The number of nitrogens with zero attached hydrogens (tertiary/aromatic N) is 1. The summed E-state index contributed by atoms with van der Waals surface area (Å²) in [5, 5.41) is 11.3. The van der Waals surface area contributed by atoms with Gasteiger partial charge in [0.1, 0.15) is 0 Å². The summed E-state index contributed by atoms with van der Waals surface area (Å²) in [7, 11) is 0. The van der Waals surface area contributed by atoms with Crippen molar-refractivity contribution < 1.29 is 13.6 Å². The maximum absolute atomic E-state index is 12.9. The van der Waals surface area contributed by atoms with Crippen molar-refractivity contribution in [2.75, 3.05) is 5.32 Å². The first kappa shape index (κ1) is 12.0. The van der Waals surface area contributed by atoms with Gasteiger partial charge in [-0.05, 0) is 18.2 Å². The van der Waals surface area contributed by atoms with E-state index in [9.17, 15) is 13.6 Å². The lowest BCUT2D eigenvalue weighted by atomic mass is 10.3. The number of amides is 2. The molecule has 2 rings (SSSR count). The highest BCUT2D eigenvalue weighted by Crippen LogP contribution is 2.12. The molecule has 0 fully saturated rings. The zero-order chi connectivity index (χ0) is 13.0. The molecule has 0 aliphatic carbocycles. The number of anilines is 1. The quantitative estimate of drug-likeness (QED) is 0.782. The molecule has 0 saturated heterocycles. The Kier molecular flexibility index (Phi) is 3.52. The molecule has 1 aromatic heterocycles. The molecule has 3 N–H and O–H groups in total. The first-order valence-corrected chi connectivity index (χ1v) is 5.13. The number of H-pyrrole nitrogens is 1. The van der Waals surface area contributed by atoms with Gasteiger partial charge in [0.25, 0.3) is 0 Å². The van der Waals surface area contributed by atoms with Crippen LogP contribution >= 0.6 is 0 Å². The predicted molar refractivity (Wildman–Crippen MR) is 60.8 cm³/mol. The van der Waals surface area contributed by atoms with Crippen molar-refractivity contribution in [1.82, 2.24) is 15.5 Å². The van der Waals surface area contributed by atoms with E-state index in [-0.39, 0.29) is 12.2 Å². The Balaban J connectivity index is 1.88. The predicted octanol–water partition coefficient (Wildman–Crippen LogP) is 2.01. The summed E-state index contributed by atoms with van der Waals surface area (Å²) in [5.41, 5.74) is 0.909. The van der Waals surface area contributed by atoms with Gasteiger partial charge < -0.3 is 10.6 Å². The summed E-state index contributed by atoms with van der Waals surface area (Å²) in [6.45, 7) is 0.259. The second kappa shape index (κ2) is 5.26. The minimum atomic E-state index is -1.01. The van der Waals surface area contributed by atoms with Crippen molar-refractivity contribution >= 4 is 11.7 Å². The third-order valence-electron chi connectivity index (χ3n) is 2.18. The molecule has 0 aliphatic heterocycles. The number of hydrogen-bond acceptors (Lipinski definition) is 2. The Labute approximate surface area is 101 Å². The summed E-state index contributed by atoms with van der Waals surface area (Å²) in [5.74, 6) is -1.97. The molecule has 1 heterocycles. The van der Waals surface area contributed by atoms with Crippen LogP contribution in [-0.4, -0.2) is 16.2 Å². The zero-order valence-electron chi connectivity index (χ0n) is 9.21. The number of aromatic amines is 1. The average Bonchev–Trinajstić information content (AvgIpc) is 2.84. The van der Waals surface area contributed by atoms with Crippen LogP contribution in [0.25, 0.3) is 0 Å². The molecular weight excluding hydrogens is 242 g/mol. The third-order valence-corrected chi connectivity index (χ3v) is 2.18. The number of carbonyl (C=O) groups excluding carboxylic acids is 1. The number of benzene rings is 1. The first-order chi connectivity index (χ1) is 8.65. The van der Waals surface area contributed by atoms with Crippen molar-refractivity contribution in [3.05, 3.63) is 47.8 Å². The normalized spacial score (nSPS) is 10.1. The van der Waals surface area contributed by atoms with Crippen molar-refractivity contribution in [2.45, 2.75) is 6.54 Å². The Bertz CT molecular complexity index is 542. The fourth-order valence-corrected chi connectivity index (χ4v) is 1.31. The van der Waals surface area contributed by atoms with Crippen molar-refractivity contribution in [3.63, 3.8) is 0 Å². The summed E-state index contributed by atoms with van der Waals surface area (Å²) < 4.78 is 25.5. The van der Waals surface area contributed by atoms with E-state index in [0.717, 1.165) is 17.8 Å². The number of rotatable bonds is 3. The molecule has 2 amide bonds. The number of aromatic nitrogens is 2. The lowest BCUT2D eigenvalue weighted by Gasteiger charge is -2.06. The monoisotopic (exact) mass is 252 g/mol. The molecule has 18 heavy (non-hydrogen) atoms. The highest BCUT2D eigenvalue weighted by molar-refractivity contribution is 5.89. The largest absolute Gasteiger partial charge is 0.332 e. The summed E-state index contributed by atoms with van der Waals surface area (Å²) in [6.07, 6.45) is 1.56. The Morgan fingerprint density at radius 2 is 2.11 bits per heavy atom. The van der Waals surface area contributed by atoms with Gasteiger partial charge in [0.2, 0.25) is 0 Å². The van der Waals surface area contributed by atoms with Crippen LogP contribution in [0.15, 0.2) is 30.5 Å². The Morgan fingerprint density at radius 1 is 1.28 bits per heavy atom. The van der Waals surface area contributed by atoms with E-state index < -0.39 is 17.7 Å². The SMILES string of the molecule is O=C(NCc1ccn[nH]1)Nc1ccc(F)c(F)c1. The van der Waals surface area contributed by atoms with Gasteiger partial charge in [-0.25, -0.2) is 13.6 Å². The van der Waals surface area contributed by atoms with Gasteiger partial charge in [-0.15, -0.1) is 0 Å². The van der Waals surface area contributed by atoms with Crippen LogP contribution in [0.5, 0.6) is 0 Å². The van der Waals surface area contributed by atoms with Crippen LogP contribution in [0.2, 0.25) is 0 Å². The van der Waals surface area contributed by atoms with Crippen LogP contribution < -0.4 is 10.6 Å². The van der Waals surface area contributed by atoms with Crippen LogP contribution in [-0.2, 0) is 6.54 Å². The molecule has 94 valence electrons. The maximum Gasteiger partial charge on any atom is 0.319 e. The fourth-order valence-electron chi connectivity index (χ4n) is 1.31. The number of carbonyl (C=O) groups is 1. The second-order valence-corrected chi connectivity index (χ2v) is 3.52. The molecule has 2 aromatic rings. The van der Waals surface area contributed by atoms with E-state index >= 15 is 0 Å². The van der Waals surface area contributed by atoms with E-state index in [1.54, 1.807) is 12.3 Å². The van der Waals surface area contributed by atoms with Gasteiger partial charge in [0, 0.05) is 18.0 Å². The fraction of sp³-hybridized carbons (Fsp3) is 0.0909. The Hall–Kier alpha value is -2.44. The molecule has 0 atom stereocenters. The smallest absolute Gasteiger partial charge is 0.319 e. The number of nitrogens with one attached hydrogen (secondary N) is 3.